The van der Waals surface area contributed by atoms with Gasteiger partial charge in [-0.15, -0.1) is 11.3 Å². The molecule has 2 heterocycles. The Balaban J connectivity index is 1.76. The summed E-state index contributed by atoms with van der Waals surface area (Å²) < 4.78 is 2.21. The fourth-order valence-corrected chi connectivity index (χ4v) is 4.02. The van der Waals surface area contributed by atoms with E-state index in [-0.39, 0.29) is 5.91 Å². The highest BCUT2D eigenvalue weighted by Crippen LogP contribution is 2.27. The topological polar surface area (TPSA) is 59.8 Å². The summed E-state index contributed by atoms with van der Waals surface area (Å²) in [4.78, 5) is 20.1. The first-order valence-electron chi connectivity index (χ1n) is 6.97. The van der Waals surface area contributed by atoms with Crippen molar-refractivity contribution in [3.63, 3.8) is 0 Å². The molecule has 1 amide bonds. The molecule has 1 N–H and O–H groups in total. The van der Waals surface area contributed by atoms with Crippen LogP contribution in [0.3, 0.4) is 0 Å². The molecule has 22 heavy (non-hydrogen) atoms. The van der Waals surface area contributed by atoms with Gasteiger partial charge in [-0.2, -0.15) is 0 Å². The van der Waals surface area contributed by atoms with E-state index in [9.17, 15) is 4.79 Å². The van der Waals surface area contributed by atoms with Crippen LogP contribution in [0, 0.1) is 0 Å². The Hall–Kier alpha value is -1.86. The standard InChI is InChI=1S/C15H16N4OS2/c1-3-19-13-7-5-4-6-12(13)18-15(19)22-9-11-8-21-14(17-11)16-10(2)20/h4-8H,3,9H2,1-2H3,(H,16,17,20). The Morgan fingerprint density at radius 2 is 2.18 bits per heavy atom. The summed E-state index contributed by atoms with van der Waals surface area (Å²) in [6, 6.07) is 8.16. The monoisotopic (exact) mass is 332 g/mol. The maximum Gasteiger partial charge on any atom is 0.223 e. The summed E-state index contributed by atoms with van der Waals surface area (Å²) in [6.07, 6.45) is 0. The van der Waals surface area contributed by atoms with E-state index in [1.807, 2.05) is 23.6 Å². The molecule has 114 valence electrons. The minimum Gasteiger partial charge on any atom is -0.319 e. The molecule has 0 aliphatic rings. The van der Waals surface area contributed by atoms with Crippen LogP contribution in [-0.4, -0.2) is 20.4 Å². The van der Waals surface area contributed by atoms with Gasteiger partial charge in [-0.1, -0.05) is 23.9 Å². The van der Waals surface area contributed by atoms with Crippen LogP contribution in [0.4, 0.5) is 5.13 Å². The molecule has 0 fully saturated rings. The number of amides is 1. The Morgan fingerprint density at radius 3 is 2.95 bits per heavy atom. The van der Waals surface area contributed by atoms with Gasteiger partial charge in [0.2, 0.25) is 5.91 Å². The maximum absolute atomic E-state index is 11.0. The van der Waals surface area contributed by atoms with E-state index in [1.165, 1.54) is 18.3 Å². The van der Waals surface area contributed by atoms with E-state index in [0.717, 1.165) is 34.2 Å². The van der Waals surface area contributed by atoms with Gasteiger partial charge in [0, 0.05) is 24.6 Å². The number of nitrogens with one attached hydrogen (secondary N) is 1. The van der Waals surface area contributed by atoms with E-state index in [4.69, 9.17) is 0 Å². The van der Waals surface area contributed by atoms with Gasteiger partial charge in [0.05, 0.1) is 16.7 Å². The van der Waals surface area contributed by atoms with Crippen molar-refractivity contribution in [2.75, 3.05) is 5.32 Å². The van der Waals surface area contributed by atoms with Crippen molar-refractivity contribution >= 4 is 45.2 Å². The van der Waals surface area contributed by atoms with Gasteiger partial charge in [-0.05, 0) is 19.1 Å². The number of hydrogen-bond donors (Lipinski definition) is 1. The molecule has 0 aliphatic carbocycles. The number of carbonyl (C=O) groups excluding carboxylic acids is 1. The Kier molecular flexibility index (Phi) is 4.44. The largest absolute Gasteiger partial charge is 0.319 e. The maximum atomic E-state index is 11.0. The van der Waals surface area contributed by atoms with Gasteiger partial charge in [-0.25, -0.2) is 9.97 Å². The number of aryl methyl sites for hydroxylation is 1. The average Bonchev–Trinajstić information content (AvgIpc) is 3.07. The van der Waals surface area contributed by atoms with Crippen LogP contribution < -0.4 is 5.32 Å². The van der Waals surface area contributed by atoms with Crippen molar-refractivity contribution in [1.82, 2.24) is 14.5 Å². The number of rotatable bonds is 5. The van der Waals surface area contributed by atoms with E-state index >= 15 is 0 Å². The molecule has 0 saturated heterocycles. The molecule has 0 atom stereocenters. The quantitative estimate of drug-likeness (QED) is 0.723. The Morgan fingerprint density at radius 1 is 1.36 bits per heavy atom. The van der Waals surface area contributed by atoms with Crippen LogP contribution >= 0.6 is 23.1 Å². The molecular formula is C15H16N4OS2. The number of para-hydroxylation sites is 2. The fraction of sp³-hybridized carbons (Fsp3) is 0.267. The normalized spacial score (nSPS) is 11.0. The molecule has 0 spiro atoms. The summed E-state index contributed by atoms with van der Waals surface area (Å²) in [5.74, 6) is 0.640. The smallest absolute Gasteiger partial charge is 0.223 e. The third kappa shape index (κ3) is 3.15. The van der Waals surface area contributed by atoms with Crippen molar-refractivity contribution in [2.24, 2.45) is 0 Å². The predicted octanol–water partition coefficient (Wildman–Crippen LogP) is 3.76. The molecule has 3 rings (SSSR count). The predicted molar refractivity (Wildman–Crippen MR) is 91.4 cm³/mol. The van der Waals surface area contributed by atoms with Crippen LogP contribution in [0.5, 0.6) is 0 Å². The number of aromatic nitrogens is 3. The number of fused-ring (bicyclic) bond motifs is 1. The summed E-state index contributed by atoms with van der Waals surface area (Å²) in [5, 5.41) is 6.32. The molecule has 3 aromatic rings. The first-order chi connectivity index (χ1) is 10.7. The molecule has 7 heteroatoms. The van der Waals surface area contributed by atoms with Crippen molar-refractivity contribution in [1.29, 1.82) is 0 Å². The number of nitrogens with zero attached hydrogens (tertiary/aromatic N) is 3. The number of benzene rings is 1. The van der Waals surface area contributed by atoms with Gasteiger partial charge in [-0.3, -0.25) is 4.79 Å². The Labute approximate surface area is 136 Å². The number of imidazole rings is 1. The summed E-state index contributed by atoms with van der Waals surface area (Å²) in [6.45, 7) is 4.49. The summed E-state index contributed by atoms with van der Waals surface area (Å²) in [7, 11) is 0. The first-order valence-corrected chi connectivity index (χ1v) is 8.84. The number of thioether (sulfide) groups is 1. The molecular weight excluding hydrogens is 316 g/mol. The zero-order chi connectivity index (χ0) is 15.5. The molecule has 5 nitrogen and oxygen atoms in total. The van der Waals surface area contributed by atoms with Crippen LogP contribution in [0.1, 0.15) is 19.5 Å². The second-order valence-electron chi connectivity index (χ2n) is 4.74. The molecule has 0 unspecified atom stereocenters. The molecule has 1 aromatic carbocycles. The highest BCUT2D eigenvalue weighted by molar-refractivity contribution is 7.98. The van der Waals surface area contributed by atoms with Crippen LogP contribution in [0.2, 0.25) is 0 Å². The molecule has 0 radical (unpaired) electrons. The number of thiazole rings is 1. The van der Waals surface area contributed by atoms with E-state index < -0.39 is 0 Å². The second-order valence-corrected chi connectivity index (χ2v) is 6.54. The number of carbonyl (C=O) groups is 1. The van der Waals surface area contributed by atoms with Gasteiger partial charge in [0.15, 0.2) is 10.3 Å². The molecule has 0 aliphatic heterocycles. The third-order valence-corrected chi connectivity index (χ3v) is 4.94. The van der Waals surface area contributed by atoms with Crippen molar-refractivity contribution in [3.05, 3.63) is 35.3 Å². The highest BCUT2D eigenvalue weighted by atomic mass is 32.2. The van der Waals surface area contributed by atoms with Crippen molar-refractivity contribution < 1.29 is 4.79 Å². The Bertz CT molecular complexity index is 809. The minimum absolute atomic E-state index is 0.0960. The van der Waals surface area contributed by atoms with Gasteiger partial charge < -0.3 is 9.88 Å². The lowest BCUT2D eigenvalue weighted by molar-refractivity contribution is -0.114. The second kappa shape index (κ2) is 6.50. The molecule has 0 bridgehead atoms. The van der Waals surface area contributed by atoms with Crippen molar-refractivity contribution in [2.45, 2.75) is 31.3 Å². The van der Waals surface area contributed by atoms with E-state index in [2.05, 4.69) is 32.8 Å². The fourth-order valence-electron chi connectivity index (χ4n) is 2.19. The number of anilines is 1. The SMILES string of the molecule is CCn1c(SCc2csc(NC(C)=O)n2)nc2ccccc21. The zero-order valence-electron chi connectivity index (χ0n) is 12.4. The van der Waals surface area contributed by atoms with Crippen LogP contribution in [0.25, 0.3) is 11.0 Å². The summed E-state index contributed by atoms with van der Waals surface area (Å²) >= 11 is 3.11. The van der Waals surface area contributed by atoms with Gasteiger partial charge in [0.1, 0.15) is 0 Å². The lowest BCUT2D eigenvalue weighted by Gasteiger charge is -2.04. The summed E-state index contributed by atoms with van der Waals surface area (Å²) in [5.41, 5.74) is 3.13. The first kappa shape index (κ1) is 15.1. The van der Waals surface area contributed by atoms with Gasteiger partial charge >= 0.3 is 0 Å². The molecule has 2 aromatic heterocycles. The van der Waals surface area contributed by atoms with Gasteiger partial charge in [0.25, 0.3) is 0 Å². The lowest BCUT2D eigenvalue weighted by atomic mass is 10.3. The van der Waals surface area contributed by atoms with E-state index in [1.54, 1.807) is 11.8 Å². The van der Waals surface area contributed by atoms with Crippen LogP contribution in [0.15, 0.2) is 34.8 Å². The zero-order valence-corrected chi connectivity index (χ0v) is 14.0. The third-order valence-electron chi connectivity index (χ3n) is 3.12. The lowest BCUT2D eigenvalue weighted by Crippen LogP contribution is -2.05. The van der Waals surface area contributed by atoms with Crippen LogP contribution in [-0.2, 0) is 17.1 Å². The number of hydrogen-bond acceptors (Lipinski definition) is 5. The van der Waals surface area contributed by atoms with Crippen molar-refractivity contribution in [3.8, 4) is 0 Å². The average molecular weight is 332 g/mol. The molecule has 0 saturated carbocycles. The highest BCUT2D eigenvalue weighted by Gasteiger charge is 2.11. The minimum atomic E-state index is -0.0960. The van der Waals surface area contributed by atoms with E-state index in [0.29, 0.717) is 5.13 Å².